The molecule has 0 radical (unpaired) electrons. The topological polar surface area (TPSA) is 13.0 Å². The van der Waals surface area contributed by atoms with Crippen LogP contribution in [0.4, 0.5) is 68.2 Å². The zero-order chi connectivity index (χ0) is 77.9. The van der Waals surface area contributed by atoms with Crippen LogP contribution in [0.3, 0.4) is 0 Å². The van der Waals surface area contributed by atoms with Crippen LogP contribution in [0.5, 0.6) is 0 Å². The molecule has 0 fully saturated rings. The first-order chi connectivity index (χ1) is 48.8. The third-order valence-electron chi connectivity index (χ3n) is 21.9. The van der Waals surface area contributed by atoms with Crippen molar-refractivity contribution < 1.29 is 0 Å². The summed E-state index contributed by atoms with van der Waals surface area (Å²) in [6.45, 7) is 69.2. The summed E-state index contributed by atoms with van der Waals surface area (Å²) in [5, 5.41) is 0.697. The highest BCUT2D eigenvalue weighted by atomic mass is 35.5. The van der Waals surface area contributed by atoms with Crippen molar-refractivity contribution in [1.29, 1.82) is 0 Å². The van der Waals surface area contributed by atoms with Crippen LogP contribution in [0.25, 0.3) is 0 Å². The molecule has 2 aliphatic heterocycles. The van der Waals surface area contributed by atoms with E-state index in [-0.39, 0.29) is 60.9 Å². The van der Waals surface area contributed by atoms with Gasteiger partial charge in [-0.3, -0.25) is 0 Å². The highest BCUT2D eigenvalue weighted by Crippen LogP contribution is 2.53. The number of fused-ring (bicyclic) bond motifs is 4. The van der Waals surface area contributed by atoms with E-state index in [1.165, 1.54) is 106 Å². The first-order valence-corrected chi connectivity index (χ1v) is 39.3. The largest absolute Gasteiger partial charge is 0.311 e. The molecule has 12 rings (SSSR count). The second-order valence-corrected chi connectivity index (χ2v) is 41.3. The van der Waals surface area contributed by atoms with Crippen molar-refractivity contribution in [2.75, 3.05) is 19.6 Å². The zero-order valence-electron chi connectivity index (χ0n) is 70.4. The SMILES string of the molecule is CC(C)(C)c1cccc(N(c2cccc(C(C)(C)C)c2)c2cc(C(C)(C)C)cc(N(c3cccc(C(C)(C)C)c3)c3cccc(C(C)(C)C)c3)c2Cl)c1.CC(C)(C)c1cccc(N2c3cc(C(C)(C)C)ccc3B3c4ccc(C(C)(C)C)cc4N(c4cccc(C(C)(C)C)c4)c4cc(C(C)(C)C)cc2c43)c1. The average molecular weight is 1430 g/mol. The Kier molecular flexibility index (Phi) is 20.6. The quantitative estimate of drug-likeness (QED) is 0.141. The standard InChI is InChI=1S/C50H61BN2.C50H63ClN2/c1-46(2,3)32-18-16-20-37(26-32)52-41-28-34(48(7,8)9)22-24-39(41)51-40-25-23-35(49(10,11)12)29-42(40)53(38-21-17-19-33(27-38)47(4,5)6)44-31-36(50(13,14)15)30-43(52)45(44)51;1-46(2,3)34-20-16-24-39(28-34)52(40-25-17-21-35(29-40)47(4,5)6)43-32-38(50(13,14)15)33-44(45(43)51)53(41-26-18-22-36(30-41)48(7,8)9)42-27-19-23-37(31-42)49(10,11)12/h16-31H,1-15H3;16-33H,1-15H3. The molecule has 10 aromatic rings. The highest BCUT2D eigenvalue weighted by Gasteiger charge is 2.45. The number of benzene rings is 10. The molecule has 0 spiro atoms. The van der Waals surface area contributed by atoms with Gasteiger partial charge in [0.25, 0.3) is 6.71 Å². The molecule has 554 valence electrons. The van der Waals surface area contributed by atoms with E-state index in [1.54, 1.807) is 0 Å². The summed E-state index contributed by atoms with van der Waals surface area (Å²) in [5.41, 5.74) is 30.7. The molecule has 106 heavy (non-hydrogen) atoms. The van der Waals surface area contributed by atoms with Crippen LogP contribution in [0.15, 0.2) is 206 Å². The van der Waals surface area contributed by atoms with Crippen molar-refractivity contribution in [1.82, 2.24) is 0 Å². The van der Waals surface area contributed by atoms with Crippen LogP contribution >= 0.6 is 11.6 Å². The van der Waals surface area contributed by atoms with Crippen LogP contribution in [0.1, 0.15) is 263 Å². The molecular weight excluding hydrogens is 1300 g/mol. The van der Waals surface area contributed by atoms with Crippen LogP contribution in [0, 0.1) is 0 Å². The van der Waals surface area contributed by atoms with E-state index in [1.807, 2.05) is 0 Å². The number of nitrogens with zero attached hydrogens (tertiary/aromatic N) is 4. The smallest absolute Gasteiger partial charge is 0.252 e. The Morgan fingerprint density at radius 1 is 0.236 bits per heavy atom. The molecular formula is C100H124BClN4. The molecule has 0 aromatic heterocycles. The molecule has 0 saturated carbocycles. The highest BCUT2D eigenvalue weighted by molar-refractivity contribution is 7.00. The number of hydrogen-bond donors (Lipinski definition) is 0. The molecule has 0 unspecified atom stereocenters. The van der Waals surface area contributed by atoms with Crippen LogP contribution < -0.4 is 36.0 Å². The number of hydrogen-bond acceptors (Lipinski definition) is 4. The lowest BCUT2D eigenvalue weighted by Crippen LogP contribution is -2.61. The van der Waals surface area contributed by atoms with Gasteiger partial charge in [0.05, 0.1) is 16.4 Å². The Labute approximate surface area is 647 Å². The molecule has 2 aliphatic rings. The number of halogens is 1. The normalized spacial score (nSPS) is 13.7. The van der Waals surface area contributed by atoms with E-state index in [0.717, 1.165) is 34.1 Å². The van der Waals surface area contributed by atoms with Crippen LogP contribution in [-0.2, 0) is 54.1 Å². The summed E-state index contributed by atoms with van der Waals surface area (Å²) in [4.78, 5) is 9.95. The lowest BCUT2D eigenvalue weighted by Gasteiger charge is -2.46. The van der Waals surface area contributed by atoms with Gasteiger partial charge in [0.1, 0.15) is 0 Å². The third kappa shape index (κ3) is 16.3. The molecule has 2 heterocycles. The molecule has 0 atom stereocenters. The van der Waals surface area contributed by atoms with Crippen molar-refractivity contribution in [3.05, 3.63) is 267 Å². The van der Waals surface area contributed by atoms with Gasteiger partial charge in [-0.25, -0.2) is 0 Å². The maximum absolute atomic E-state index is 7.96. The summed E-state index contributed by atoms with van der Waals surface area (Å²) in [5.74, 6) is 0. The van der Waals surface area contributed by atoms with Gasteiger partial charge in [-0.05, 0) is 235 Å². The summed E-state index contributed by atoms with van der Waals surface area (Å²) in [6, 6.07) is 78.8. The van der Waals surface area contributed by atoms with Crippen LogP contribution in [0.2, 0.25) is 5.02 Å². The average Bonchev–Trinajstić information content (AvgIpc) is 0.692. The van der Waals surface area contributed by atoms with Gasteiger partial charge in [0, 0.05) is 56.9 Å². The molecule has 0 aliphatic carbocycles. The fraction of sp³-hybridized carbons (Fsp3) is 0.400. The van der Waals surface area contributed by atoms with Crippen molar-refractivity contribution in [3.63, 3.8) is 0 Å². The molecule has 0 amide bonds. The molecule has 6 heteroatoms. The van der Waals surface area contributed by atoms with Crippen molar-refractivity contribution in [2.45, 2.75) is 262 Å². The summed E-state index contributed by atoms with van der Waals surface area (Å²) in [7, 11) is 0. The lowest BCUT2D eigenvalue weighted by molar-refractivity contribution is 0.588. The minimum absolute atomic E-state index is 0.00755. The van der Waals surface area contributed by atoms with E-state index in [0.29, 0.717) is 5.02 Å². The van der Waals surface area contributed by atoms with E-state index in [2.05, 4.69) is 434 Å². The minimum Gasteiger partial charge on any atom is -0.311 e. The Balaban J connectivity index is 0.000000212. The predicted octanol–water partition coefficient (Wildman–Crippen LogP) is 28.0. The molecule has 0 N–H and O–H groups in total. The monoisotopic (exact) mass is 1430 g/mol. The van der Waals surface area contributed by atoms with Gasteiger partial charge in [-0.2, -0.15) is 0 Å². The summed E-state index contributed by atoms with van der Waals surface area (Å²) in [6.07, 6.45) is 0. The first-order valence-electron chi connectivity index (χ1n) is 39.0. The second kappa shape index (κ2) is 27.8. The van der Waals surface area contributed by atoms with Gasteiger partial charge >= 0.3 is 0 Å². The van der Waals surface area contributed by atoms with Crippen molar-refractivity contribution in [2.24, 2.45) is 0 Å². The predicted molar refractivity (Wildman–Crippen MR) is 468 cm³/mol. The van der Waals surface area contributed by atoms with Crippen LogP contribution in [-0.4, -0.2) is 6.71 Å². The van der Waals surface area contributed by atoms with Gasteiger partial charge < -0.3 is 19.6 Å². The molecule has 10 aromatic carbocycles. The zero-order valence-corrected chi connectivity index (χ0v) is 71.1. The van der Waals surface area contributed by atoms with E-state index >= 15 is 0 Å². The van der Waals surface area contributed by atoms with E-state index in [4.69, 9.17) is 11.6 Å². The molecule has 4 nitrogen and oxygen atoms in total. The van der Waals surface area contributed by atoms with Gasteiger partial charge in [0.15, 0.2) is 0 Å². The molecule has 0 bridgehead atoms. The summed E-state index contributed by atoms with van der Waals surface area (Å²) >= 11 is 7.96. The maximum Gasteiger partial charge on any atom is 0.252 e. The Hall–Kier alpha value is -8.25. The first kappa shape index (κ1) is 78.8. The van der Waals surface area contributed by atoms with Gasteiger partial charge in [0.2, 0.25) is 0 Å². The number of rotatable bonds is 8. The Morgan fingerprint density at radius 3 is 0.726 bits per heavy atom. The molecule has 0 saturated heterocycles. The second-order valence-electron chi connectivity index (χ2n) is 40.9. The van der Waals surface area contributed by atoms with E-state index in [9.17, 15) is 0 Å². The summed E-state index contributed by atoms with van der Waals surface area (Å²) < 4.78 is 0. The maximum atomic E-state index is 7.96. The van der Waals surface area contributed by atoms with Gasteiger partial charge in [-0.15, -0.1) is 0 Å². The fourth-order valence-electron chi connectivity index (χ4n) is 14.8. The number of anilines is 12. The van der Waals surface area contributed by atoms with Crippen molar-refractivity contribution in [3.8, 4) is 0 Å². The van der Waals surface area contributed by atoms with Gasteiger partial charge in [-0.1, -0.05) is 316 Å². The lowest BCUT2D eigenvalue weighted by atomic mass is 9.33. The Morgan fingerprint density at radius 2 is 0.462 bits per heavy atom. The van der Waals surface area contributed by atoms with E-state index < -0.39 is 0 Å². The third-order valence-corrected chi connectivity index (χ3v) is 22.3. The fourth-order valence-corrected chi connectivity index (χ4v) is 15.1. The minimum atomic E-state index is -0.160. The van der Waals surface area contributed by atoms with Crippen molar-refractivity contribution >= 4 is 103 Å². The Bertz CT molecular complexity index is 4500.